The van der Waals surface area contributed by atoms with Crippen molar-refractivity contribution in [3.05, 3.63) is 131 Å². The van der Waals surface area contributed by atoms with E-state index >= 15 is 0 Å². The van der Waals surface area contributed by atoms with Crippen molar-refractivity contribution in [2.45, 2.75) is 78.6 Å². The fourth-order valence-electron chi connectivity index (χ4n) is 7.60. The quantitative estimate of drug-likeness (QED) is 0.253. The number of rotatable bonds is 8. The second kappa shape index (κ2) is 12.9. The van der Waals surface area contributed by atoms with E-state index in [9.17, 15) is 4.79 Å². The summed E-state index contributed by atoms with van der Waals surface area (Å²) in [6.07, 6.45) is 12.2. The first kappa shape index (κ1) is 32.3. The van der Waals surface area contributed by atoms with Gasteiger partial charge in [-0.3, -0.25) is 4.79 Å². The lowest BCUT2D eigenvalue weighted by Gasteiger charge is -2.26. The van der Waals surface area contributed by atoms with Crippen LogP contribution in [0.2, 0.25) is 0 Å². The molecule has 0 saturated carbocycles. The molecule has 5 heteroatoms. The van der Waals surface area contributed by atoms with E-state index in [0.717, 1.165) is 49.5 Å². The van der Waals surface area contributed by atoms with E-state index in [0.29, 0.717) is 0 Å². The number of allylic oxidation sites excluding steroid dienone is 7. The lowest BCUT2D eigenvalue weighted by molar-refractivity contribution is -0.433. The number of amides is 1. The van der Waals surface area contributed by atoms with Crippen LogP contribution in [0.5, 0.6) is 5.75 Å². The molecule has 3 aromatic rings. The maximum atomic E-state index is 11.6. The fraction of sp³-hybridized carbons (Fsp3) is 0.333. The van der Waals surface area contributed by atoms with Gasteiger partial charge in [-0.15, -0.1) is 0 Å². The summed E-state index contributed by atoms with van der Waals surface area (Å²) in [5.74, 6) is 1.58. The molecule has 242 valence electrons. The monoisotopic (exact) mass is 626 g/mol. The Kier molecular flexibility index (Phi) is 8.84. The summed E-state index contributed by atoms with van der Waals surface area (Å²) in [6.45, 7) is 17.1. The number of nitrogens with one attached hydrogen (secondary N) is 1. The van der Waals surface area contributed by atoms with Gasteiger partial charge in [-0.25, -0.2) is 0 Å². The Labute approximate surface area is 280 Å². The number of nitrogens with zero attached hydrogens (tertiary/aromatic N) is 2. The van der Waals surface area contributed by atoms with Gasteiger partial charge in [0.1, 0.15) is 18.1 Å². The number of fused-ring (bicyclic) bond motifs is 2. The SMILES string of the molecule is CCN1C(=CC=C2CCCC(C=CC3=[N+](CC)c4ccccc4C3(C)C)=C2Oc2ccc(NC(C)=O)cc2)C(C)(C)c2ccccc21. The number of carbonyl (C=O) groups is 1. The average molecular weight is 627 g/mol. The van der Waals surface area contributed by atoms with Gasteiger partial charge < -0.3 is 15.0 Å². The molecule has 6 rings (SSSR count). The summed E-state index contributed by atoms with van der Waals surface area (Å²) in [4.78, 5) is 14.1. The third-order valence-corrected chi connectivity index (χ3v) is 9.99. The summed E-state index contributed by atoms with van der Waals surface area (Å²) in [7, 11) is 0. The van der Waals surface area contributed by atoms with Crippen LogP contribution >= 0.6 is 0 Å². The first-order valence-corrected chi connectivity index (χ1v) is 17.1. The van der Waals surface area contributed by atoms with E-state index in [4.69, 9.17) is 4.74 Å². The van der Waals surface area contributed by atoms with Gasteiger partial charge in [-0.05, 0) is 106 Å². The molecule has 3 aliphatic rings. The summed E-state index contributed by atoms with van der Waals surface area (Å²) in [5, 5.41) is 2.86. The molecule has 2 heterocycles. The van der Waals surface area contributed by atoms with Crippen molar-refractivity contribution in [3.63, 3.8) is 0 Å². The molecule has 2 aliphatic heterocycles. The van der Waals surface area contributed by atoms with Crippen LogP contribution in [-0.2, 0) is 15.6 Å². The lowest BCUT2D eigenvalue weighted by atomic mass is 9.81. The standard InChI is InChI=1S/C42H47N3O2/c1-8-44-36-19-12-10-17-34(36)41(4,5)38(44)27-21-30-15-14-16-31(40(30)47-33-25-23-32(24-26-33)43-29(3)46)22-28-39-42(6,7)35-18-11-13-20-37(35)45(39)9-2/h10-13,17-28H,8-9,14-16H2,1-7H3/p+1. The number of hydrogen-bond donors (Lipinski definition) is 1. The summed E-state index contributed by atoms with van der Waals surface area (Å²) in [5.41, 5.74) is 10.9. The van der Waals surface area contributed by atoms with Gasteiger partial charge in [-0.1, -0.05) is 56.3 Å². The minimum absolute atomic E-state index is 0.0898. The van der Waals surface area contributed by atoms with Crippen LogP contribution in [0.1, 0.15) is 78.9 Å². The molecule has 0 atom stereocenters. The minimum Gasteiger partial charge on any atom is -0.457 e. The molecule has 1 amide bonds. The Hall–Kier alpha value is -4.64. The van der Waals surface area contributed by atoms with Crippen molar-refractivity contribution in [2.24, 2.45) is 0 Å². The zero-order valence-electron chi connectivity index (χ0n) is 29.0. The second-order valence-corrected chi connectivity index (χ2v) is 13.8. The molecule has 0 spiro atoms. The zero-order chi connectivity index (χ0) is 33.3. The molecule has 5 nitrogen and oxygen atoms in total. The molecule has 0 saturated heterocycles. The first-order valence-electron chi connectivity index (χ1n) is 17.1. The molecule has 0 radical (unpaired) electrons. The Morgan fingerprint density at radius 3 is 2.28 bits per heavy atom. The van der Waals surface area contributed by atoms with Crippen LogP contribution in [0.25, 0.3) is 0 Å². The minimum atomic E-state index is -0.103. The number of hydrogen-bond acceptors (Lipinski definition) is 3. The number of ether oxygens (including phenoxy) is 1. The van der Waals surface area contributed by atoms with E-state index in [-0.39, 0.29) is 16.7 Å². The fourth-order valence-corrected chi connectivity index (χ4v) is 7.60. The number of para-hydroxylation sites is 2. The van der Waals surface area contributed by atoms with Crippen LogP contribution in [0.4, 0.5) is 17.1 Å². The van der Waals surface area contributed by atoms with Crippen molar-refractivity contribution >= 4 is 28.7 Å². The van der Waals surface area contributed by atoms with Gasteiger partial charge in [0.25, 0.3) is 0 Å². The van der Waals surface area contributed by atoms with Crippen LogP contribution < -0.4 is 15.0 Å². The molecule has 0 unspecified atom stereocenters. The van der Waals surface area contributed by atoms with E-state index in [1.807, 2.05) is 24.3 Å². The Morgan fingerprint density at radius 2 is 1.57 bits per heavy atom. The highest BCUT2D eigenvalue weighted by Crippen LogP contribution is 2.48. The Bertz CT molecular complexity index is 1850. The molecule has 47 heavy (non-hydrogen) atoms. The van der Waals surface area contributed by atoms with Crippen LogP contribution in [-0.4, -0.2) is 29.3 Å². The number of carbonyl (C=O) groups excluding carboxylic acids is 1. The molecular weight excluding hydrogens is 578 g/mol. The van der Waals surface area contributed by atoms with Gasteiger partial charge in [0.05, 0.1) is 5.41 Å². The zero-order valence-corrected chi connectivity index (χ0v) is 29.0. The van der Waals surface area contributed by atoms with Crippen molar-refractivity contribution in [2.75, 3.05) is 23.3 Å². The average Bonchev–Trinajstić information content (AvgIpc) is 3.42. The van der Waals surface area contributed by atoms with E-state index in [1.165, 1.54) is 52.0 Å². The third-order valence-electron chi connectivity index (χ3n) is 9.99. The second-order valence-electron chi connectivity index (χ2n) is 13.8. The Morgan fingerprint density at radius 1 is 0.872 bits per heavy atom. The smallest absolute Gasteiger partial charge is 0.221 e. The predicted octanol–water partition coefficient (Wildman–Crippen LogP) is 9.74. The molecule has 0 fully saturated rings. The van der Waals surface area contributed by atoms with Gasteiger partial charge in [-0.2, -0.15) is 4.58 Å². The highest BCUT2D eigenvalue weighted by molar-refractivity contribution is 6.03. The van der Waals surface area contributed by atoms with Crippen LogP contribution in [0, 0.1) is 0 Å². The summed E-state index contributed by atoms with van der Waals surface area (Å²) in [6, 6.07) is 25.2. The van der Waals surface area contributed by atoms with Crippen molar-refractivity contribution in [1.82, 2.24) is 0 Å². The molecule has 0 aromatic heterocycles. The molecule has 1 N–H and O–H groups in total. The molecule has 0 bridgehead atoms. The van der Waals surface area contributed by atoms with Gasteiger partial charge in [0.15, 0.2) is 5.71 Å². The van der Waals surface area contributed by atoms with E-state index in [2.05, 4.69) is 129 Å². The molecule has 3 aromatic carbocycles. The number of likely N-dealkylation sites (N-methyl/N-ethyl adjacent to an activating group) is 1. The maximum absolute atomic E-state index is 11.6. The van der Waals surface area contributed by atoms with Gasteiger partial charge >= 0.3 is 0 Å². The lowest BCUT2D eigenvalue weighted by Crippen LogP contribution is -2.27. The summed E-state index contributed by atoms with van der Waals surface area (Å²) >= 11 is 0. The predicted molar refractivity (Wildman–Crippen MR) is 195 cm³/mol. The van der Waals surface area contributed by atoms with Crippen LogP contribution in [0.3, 0.4) is 0 Å². The summed E-state index contributed by atoms with van der Waals surface area (Å²) < 4.78 is 9.23. The van der Waals surface area contributed by atoms with Gasteiger partial charge in [0.2, 0.25) is 11.6 Å². The van der Waals surface area contributed by atoms with E-state index in [1.54, 1.807) is 0 Å². The number of anilines is 2. The highest BCUT2D eigenvalue weighted by atomic mass is 16.5. The molecular formula is C42H48N3O2+. The maximum Gasteiger partial charge on any atom is 0.221 e. The van der Waals surface area contributed by atoms with Crippen molar-refractivity contribution < 1.29 is 14.1 Å². The Balaban J connectivity index is 1.43. The van der Waals surface area contributed by atoms with E-state index < -0.39 is 0 Å². The van der Waals surface area contributed by atoms with Gasteiger partial charge in [0, 0.05) is 53.7 Å². The van der Waals surface area contributed by atoms with Crippen molar-refractivity contribution in [1.29, 1.82) is 0 Å². The first-order chi connectivity index (χ1) is 22.6. The highest BCUT2D eigenvalue weighted by Gasteiger charge is 2.43. The largest absolute Gasteiger partial charge is 0.457 e. The topological polar surface area (TPSA) is 44.6 Å². The number of benzene rings is 3. The molecule has 1 aliphatic carbocycles. The van der Waals surface area contributed by atoms with Crippen LogP contribution in [0.15, 0.2) is 120 Å². The van der Waals surface area contributed by atoms with Crippen molar-refractivity contribution in [3.8, 4) is 5.75 Å². The normalized spacial score (nSPS) is 19.9. The third kappa shape index (κ3) is 6.00.